The first-order chi connectivity index (χ1) is 9.36. The van der Waals surface area contributed by atoms with E-state index in [1.165, 1.54) is 5.56 Å². The second-order valence-electron chi connectivity index (χ2n) is 5.98. The van der Waals surface area contributed by atoms with Gasteiger partial charge in [0.05, 0.1) is 17.4 Å². The molecule has 1 aromatic carbocycles. The van der Waals surface area contributed by atoms with E-state index in [2.05, 4.69) is 71.4 Å². The van der Waals surface area contributed by atoms with Gasteiger partial charge in [0, 0.05) is 17.1 Å². The van der Waals surface area contributed by atoms with Gasteiger partial charge in [0.15, 0.2) is 0 Å². The van der Waals surface area contributed by atoms with Gasteiger partial charge < -0.3 is 5.32 Å². The number of nitrogens with zero attached hydrogens (tertiary/aromatic N) is 3. The second-order valence-corrected chi connectivity index (χ2v) is 6.90. The van der Waals surface area contributed by atoms with E-state index in [9.17, 15) is 0 Å². The highest BCUT2D eigenvalue weighted by atomic mass is 79.9. The lowest BCUT2D eigenvalue weighted by Gasteiger charge is -2.17. The predicted molar refractivity (Wildman–Crippen MR) is 84.4 cm³/mol. The summed E-state index contributed by atoms with van der Waals surface area (Å²) in [5, 5.41) is 11.8. The van der Waals surface area contributed by atoms with Crippen molar-refractivity contribution in [3.63, 3.8) is 0 Å². The van der Waals surface area contributed by atoms with E-state index in [0.29, 0.717) is 6.54 Å². The summed E-state index contributed by atoms with van der Waals surface area (Å²) in [5.74, 6) is 0. The number of hydrogen-bond donors (Lipinski definition) is 1. The third kappa shape index (κ3) is 3.90. The number of hydrogen-bond acceptors (Lipinski definition) is 3. The Balaban J connectivity index is 1.97. The lowest BCUT2D eigenvalue weighted by Crippen LogP contribution is -2.22. The van der Waals surface area contributed by atoms with Gasteiger partial charge in [-0.3, -0.25) is 0 Å². The number of aromatic nitrogens is 3. The molecule has 0 aliphatic carbocycles. The first-order valence-electron chi connectivity index (χ1n) is 6.77. The zero-order valence-electron chi connectivity index (χ0n) is 12.4. The van der Waals surface area contributed by atoms with Gasteiger partial charge in [-0.15, -0.1) is 5.10 Å². The van der Waals surface area contributed by atoms with Crippen molar-refractivity contribution in [2.75, 3.05) is 0 Å². The first kappa shape index (κ1) is 15.2. The minimum absolute atomic E-state index is 0.0266. The van der Waals surface area contributed by atoms with E-state index in [1.54, 1.807) is 0 Å². The van der Waals surface area contributed by atoms with Crippen LogP contribution in [0.2, 0.25) is 0 Å². The minimum Gasteiger partial charge on any atom is -0.304 e. The summed E-state index contributed by atoms with van der Waals surface area (Å²) in [5.41, 5.74) is 2.19. The van der Waals surface area contributed by atoms with Crippen LogP contribution < -0.4 is 5.32 Å². The van der Waals surface area contributed by atoms with Crippen LogP contribution in [0.1, 0.15) is 45.0 Å². The standard InChI is InChI=1S/C15H21BrN4/c1-11(12-6-5-7-13(16)8-12)17-9-14-10-20(19-18-14)15(2,3)4/h5-8,10-11,17H,9H2,1-4H3. The van der Waals surface area contributed by atoms with Crippen LogP contribution in [0.25, 0.3) is 0 Å². The summed E-state index contributed by atoms with van der Waals surface area (Å²) < 4.78 is 3.00. The van der Waals surface area contributed by atoms with Crippen LogP contribution in [-0.2, 0) is 12.1 Å². The predicted octanol–water partition coefficient (Wildman–Crippen LogP) is 3.65. The minimum atomic E-state index is -0.0266. The highest BCUT2D eigenvalue weighted by molar-refractivity contribution is 9.10. The third-order valence-electron chi connectivity index (χ3n) is 3.17. The molecule has 0 saturated carbocycles. The maximum absolute atomic E-state index is 4.21. The first-order valence-corrected chi connectivity index (χ1v) is 7.56. The van der Waals surface area contributed by atoms with Gasteiger partial charge in [-0.05, 0) is 45.4 Å². The molecule has 0 aliphatic rings. The topological polar surface area (TPSA) is 42.7 Å². The summed E-state index contributed by atoms with van der Waals surface area (Å²) in [4.78, 5) is 0. The quantitative estimate of drug-likeness (QED) is 0.926. The van der Waals surface area contributed by atoms with E-state index >= 15 is 0 Å². The van der Waals surface area contributed by atoms with Crippen molar-refractivity contribution < 1.29 is 0 Å². The van der Waals surface area contributed by atoms with Gasteiger partial charge in [0.25, 0.3) is 0 Å². The van der Waals surface area contributed by atoms with Crippen LogP contribution in [-0.4, -0.2) is 15.0 Å². The molecule has 5 heteroatoms. The Bertz CT molecular complexity index is 571. The summed E-state index contributed by atoms with van der Waals surface area (Å²) in [6.07, 6.45) is 2.00. The summed E-state index contributed by atoms with van der Waals surface area (Å²) in [6.45, 7) is 9.20. The Morgan fingerprint density at radius 2 is 2.10 bits per heavy atom. The van der Waals surface area contributed by atoms with Gasteiger partial charge in [-0.2, -0.15) is 0 Å². The van der Waals surface area contributed by atoms with E-state index in [0.717, 1.165) is 10.2 Å². The molecule has 0 bridgehead atoms. The largest absolute Gasteiger partial charge is 0.304 e. The van der Waals surface area contributed by atoms with Crippen molar-refractivity contribution in [3.8, 4) is 0 Å². The van der Waals surface area contributed by atoms with Gasteiger partial charge >= 0.3 is 0 Å². The van der Waals surface area contributed by atoms with Gasteiger partial charge in [0.2, 0.25) is 0 Å². The van der Waals surface area contributed by atoms with Crippen molar-refractivity contribution in [1.29, 1.82) is 0 Å². The van der Waals surface area contributed by atoms with Gasteiger partial charge in [0.1, 0.15) is 0 Å². The van der Waals surface area contributed by atoms with Crippen LogP contribution >= 0.6 is 15.9 Å². The zero-order valence-corrected chi connectivity index (χ0v) is 14.0. The maximum atomic E-state index is 4.21. The molecule has 0 fully saturated rings. The molecule has 2 aromatic rings. The van der Waals surface area contributed by atoms with Gasteiger partial charge in [-0.1, -0.05) is 33.3 Å². The molecular weight excluding hydrogens is 316 g/mol. The fourth-order valence-corrected chi connectivity index (χ4v) is 2.28. The number of nitrogens with one attached hydrogen (secondary N) is 1. The molecule has 20 heavy (non-hydrogen) atoms. The molecule has 4 nitrogen and oxygen atoms in total. The molecule has 1 atom stereocenters. The molecule has 0 radical (unpaired) electrons. The summed E-state index contributed by atoms with van der Waals surface area (Å²) in [7, 11) is 0. The molecule has 1 heterocycles. The molecule has 1 N–H and O–H groups in total. The Morgan fingerprint density at radius 1 is 1.35 bits per heavy atom. The average molecular weight is 337 g/mol. The molecule has 0 amide bonds. The Kier molecular flexibility index (Phi) is 4.60. The van der Waals surface area contributed by atoms with Gasteiger partial charge in [-0.25, -0.2) is 4.68 Å². The van der Waals surface area contributed by atoms with Crippen molar-refractivity contribution in [3.05, 3.63) is 46.2 Å². The summed E-state index contributed by atoms with van der Waals surface area (Å²) in [6, 6.07) is 8.60. The van der Waals surface area contributed by atoms with Crippen LogP contribution in [0.4, 0.5) is 0 Å². The number of halogens is 1. The highest BCUT2D eigenvalue weighted by Crippen LogP contribution is 2.18. The molecule has 0 saturated heterocycles. The molecule has 2 rings (SSSR count). The fourth-order valence-electron chi connectivity index (χ4n) is 1.86. The average Bonchev–Trinajstić information content (AvgIpc) is 2.84. The van der Waals surface area contributed by atoms with Crippen molar-refractivity contribution in [2.45, 2.75) is 45.8 Å². The normalized spacial score (nSPS) is 13.4. The molecule has 1 unspecified atom stereocenters. The van der Waals surface area contributed by atoms with Crippen molar-refractivity contribution >= 4 is 15.9 Å². The molecule has 1 aromatic heterocycles. The van der Waals surface area contributed by atoms with E-state index in [1.807, 2.05) is 23.0 Å². The zero-order chi connectivity index (χ0) is 14.8. The molecule has 108 valence electrons. The Hall–Kier alpha value is -1.20. The highest BCUT2D eigenvalue weighted by Gasteiger charge is 2.15. The lowest BCUT2D eigenvalue weighted by atomic mass is 10.1. The SMILES string of the molecule is CC(NCc1cn(C(C)(C)C)nn1)c1cccc(Br)c1. The summed E-state index contributed by atoms with van der Waals surface area (Å²) >= 11 is 3.50. The Morgan fingerprint density at radius 3 is 2.70 bits per heavy atom. The van der Waals surface area contributed by atoms with Crippen molar-refractivity contribution in [2.24, 2.45) is 0 Å². The monoisotopic (exact) mass is 336 g/mol. The maximum Gasteiger partial charge on any atom is 0.0965 e. The van der Waals surface area contributed by atoms with E-state index in [4.69, 9.17) is 0 Å². The van der Waals surface area contributed by atoms with Crippen molar-refractivity contribution in [1.82, 2.24) is 20.3 Å². The van der Waals surface area contributed by atoms with Crippen LogP contribution in [0.5, 0.6) is 0 Å². The van der Waals surface area contributed by atoms with E-state index < -0.39 is 0 Å². The van der Waals surface area contributed by atoms with Crippen LogP contribution in [0, 0.1) is 0 Å². The second kappa shape index (κ2) is 6.06. The number of benzene rings is 1. The smallest absolute Gasteiger partial charge is 0.0965 e. The van der Waals surface area contributed by atoms with E-state index in [-0.39, 0.29) is 11.6 Å². The lowest BCUT2D eigenvalue weighted by molar-refractivity contribution is 0.347. The third-order valence-corrected chi connectivity index (χ3v) is 3.66. The number of rotatable bonds is 4. The molecule has 0 aliphatic heterocycles. The van der Waals surface area contributed by atoms with Crippen LogP contribution in [0.3, 0.4) is 0 Å². The molecule has 0 spiro atoms. The fraction of sp³-hybridized carbons (Fsp3) is 0.467. The van der Waals surface area contributed by atoms with Crippen LogP contribution in [0.15, 0.2) is 34.9 Å². The molecular formula is C15H21BrN4. The Labute approximate surface area is 128 Å².